The minimum atomic E-state index is -3.73. The molecule has 0 spiro atoms. The molecule has 0 atom stereocenters. The molecule has 0 aromatic heterocycles. The van der Waals surface area contributed by atoms with E-state index in [0.717, 1.165) is 28.7 Å². The number of methoxy groups -OCH3 is 1. The highest BCUT2D eigenvalue weighted by Gasteiger charge is 2.41. The van der Waals surface area contributed by atoms with Crippen LogP contribution in [0.3, 0.4) is 0 Å². The molecule has 9 nitrogen and oxygen atoms in total. The van der Waals surface area contributed by atoms with Crippen LogP contribution in [-0.2, 0) is 21.2 Å². The van der Waals surface area contributed by atoms with Gasteiger partial charge in [0.05, 0.1) is 24.6 Å². The summed E-state index contributed by atoms with van der Waals surface area (Å²) in [5.41, 5.74) is 1.18. The minimum absolute atomic E-state index is 0.0182. The summed E-state index contributed by atoms with van der Waals surface area (Å²) in [5.74, 6) is -0.554. The molecule has 2 aromatic rings. The average Bonchev–Trinajstić information content (AvgIpc) is 3.21. The van der Waals surface area contributed by atoms with Gasteiger partial charge in [-0.05, 0) is 41.5 Å². The van der Waals surface area contributed by atoms with Crippen molar-refractivity contribution in [2.45, 2.75) is 6.61 Å². The lowest BCUT2D eigenvalue weighted by Crippen LogP contribution is -2.45. The maximum absolute atomic E-state index is 13.1. The summed E-state index contributed by atoms with van der Waals surface area (Å²) in [4.78, 5) is 17.4. The van der Waals surface area contributed by atoms with Crippen molar-refractivity contribution in [3.8, 4) is 11.5 Å². The molecule has 2 heterocycles. The van der Waals surface area contributed by atoms with Crippen molar-refractivity contribution in [2.24, 2.45) is 9.39 Å². The monoisotopic (exact) mass is 488 g/mol. The quantitative estimate of drug-likeness (QED) is 0.507. The van der Waals surface area contributed by atoms with Gasteiger partial charge in [-0.25, -0.2) is 17.7 Å². The number of hydrogen-bond donors (Lipinski definition) is 1. The number of amides is 1. The van der Waals surface area contributed by atoms with Crippen molar-refractivity contribution >= 4 is 49.9 Å². The Balaban J connectivity index is 1.59. The van der Waals surface area contributed by atoms with Crippen LogP contribution in [0.1, 0.15) is 11.1 Å². The van der Waals surface area contributed by atoms with Crippen LogP contribution in [0.15, 0.2) is 57.4 Å². The van der Waals surface area contributed by atoms with Gasteiger partial charge in [-0.2, -0.15) is 9.39 Å². The summed E-state index contributed by atoms with van der Waals surface area (Å²) in [5, 5.41) is 8.06. The normalized spacial score (nSPS) is 17.1. The molecule has 2 aliphatic rings. The summed E-state index contributed by atoms with van der Waals surface area (Å²) in [7, 11) is -2.27. The predicted molar refractivity (Wildman–Crippen MR) is 124 cm³/mol. The van der Waals surface area contributed by atoms with Gasteiger partial charge >= 0.3 is 0 Å². The molecular weight excluding hydrogens is 471 g/mol. The smallest absolute Gasteiger partial charge is 0.283 e. The van der Waals surface area contributed by atoms with Crippen LogP contribution in [-0.4, -0.2) is 48.8 Å². The van der Waals surface area contributed by atoms with Crippen LogP contribution in [0.4, 0.5) is 4.39 Å². The number of carbonyl (C=O) groups is 1. The number of aliphatic imine (C=N–C) groups is 1. The zero-order chi connectivity index (χ0) is 23.8. The molecule has 0 bridgehead atoms. The second kappa shape index (κ2) is 8.79. The number of amidine groups is 3. The van der Waals surface area contributed by atoms with E-state index in [9.17, 15) is 17.6 Å². The van der Waals surface area contributed by atoms with Gasteiger partial charge in [0.1, 0.15) is 18.3 Å². The van der Waals surface area contributed by atoms with E-state index in [4.69, 9.17) is 14.9 Å². The fourth-order valence-electron chi connectivity index (χ4n) is 3.04. The van der Waals surface area contributed by atoms with Gasteiger partial charge in [-0.1, -0.05) is 18.2 Å². The molecule has 0 fully saturated rings. The molecule has 4 rings (SSSR count). The van der Waals surface area contributed by atoms with E-state index in [1.165, 1.54) is 25.3 Å². The van der Waals surface area contributed by atoms with Crippen LogP contribution in [0.25, 0.3) is 6.08 Å². The number of nitrogens with zero attached hydrogens (tertiary/aromatic N) is 3. The molecule has 1 N–H and O–H groups in total. The number of ether oxygens (including phenoxy) is 2. The SMILES string of the molecule is COc1cc(/C=C2/C(=N)N3C(=NC2=O)SN=C3S(C)(=O)=O)ccc1OCc1ccc(F)cc1. The standard InChI is InChI=1S/C21H17FN4O5S2/c1-30-17-10-13(5-8-16(17)31-11-12-3-6-14(22)7-4-12)9-15-18(23)26-20(24-19(15)27)32-25-21(26)33(2,28)29/h3-10,23H,11H2,1-2H3/b15-9-,23-18?. The molecule has 0 aliphatic carbocycles. The minimum Gasteiger partial charge on any atom is -0.493 e. The van der Waals surface area contributed by atoms with Gasteiger partial charge in [-0.3, -0.25) is 10.2 Å². The fourth-order valence-corrected chi connectivity index (χ4v) is 4.88. The van der Waals surface area contributed by atoms with Crippen LogP contribution in [0, 0.1) is 11.2 Å². The number of fused-ring (bicyclic) bond motifs is 1. The third-order valence-corrected chi connectivity index (χ3v) is 6.39. The molecule has 1 amide bonds. The first-order valence-electron chi connectivity index (χ1n) is 9.41. The first kappa shape index (κ1) is 22.7. The zero-order valence-corrected chi connectivity index (χ0v) is 19.0. The van der Waals surface area contributed by atoms with E-state index in [0.29, 0.717) is 17.1 Å². The molecule has 33 heavy (non-hydrogen) atoms. The second-order valence-electron chi connectivity index (χ2n) is 7.00. The number of rotatable bonds is 5. The maximum Gasteiger partial charge on any atom is 0.283 e. The Bertz CT molecular complexity index is 1350. The molecule has 2 aliphatic heterocycles. The molecule has 170 valence electrons. The first-order chi connectivity index (χ1) is 15.7. The molecular formula is C21H17FN4O5S2. The third-order valence-electron chi connectivity index (χ3n) is 4.63. The van der Waals surface area contributed by atoms with Gasteiger partial charge in [-0.15, -0.1) is 0 Å². The number of hydrogen-bond acceptors (Lipinski definition) is 8. The number of benzene rings is 2. The van der Waals surface area contributed by atoms with Crippen molar-refractivity contribution in [2.75, 3.05) is 13.4 Å². The van der Waals surface area contributed by atoms with Crippen molar-refractivity contribution in [3.05, 3.63) is 65.0 Å². The van der Waals surface area contributed by atoms with Gasteiger partial charge in [0.25, 0.3) is 5.91 Å². The summed E-state index contributed by atoms with van der Waals surface area (Å²) < 4.78 is 52.0. The highest BCUT2D eigenvalue weighted by molar-refractivity contribution is 8.16. The van der Waals surface area contributed by atoms with E-state index in [-0.39, 0.29) is 34.2 Å². The maximum atomic E-state index is 13.1. The summed E-state index contributed by atoms with van der Waals surface area (Å²) >= 11 is 0.728. The van der Waals surface area contributed by atoms with Crippen molar-refractivity contribution in [3.63, 3.8) is 0 Å². The Labute approximate surface area is 193 Å². The highest BCUT2D eigenvalue weighted by atomic mass is 32.2. The highest BCUT2D eigenvalue weighted by Crippen LogP contribution is 2.32. The molecule has 2 aromatic carbocycles. The molecule has 0 saturated heterocycles. The van der Waals surface area contributed by atoms with Crippen molar-refractivity contribution in [1.82, 2.24) is 4.90 Å². The second-order valence-corrected chi connectivity index (χ2v) is 9.64. The lowest BCUT2D eigenvalue weighted by molar-refractivity contribution is -0.114. The first-order valence-corrected chi connectivity index (χ1v) is 12.1. The summed E-state index contributed by atoms with van der Waals surface area (Å²) in [6.07, 6.45) is 2.39. The van der Waals surface area contributed by atoms with Crippen molar-refractivity contribution in [1.29, 1.82) is 5.41 Å². The van der Waals surface area contributed by atoms with Crippen LogP contribution >= 0.6 is 11.9 Å². The van der Waals surface area contributed by atoms with E-state index in [2.05, 4.69) is 9.39 Å². The summed E-state index contributed by atoms with van der Waals surface area (Å²) in [6, 6.07) is 10.8. The molecule has 0 saturated carbocycles. The van der Waals surface area contributed by atoms with Gasteiger partial charge in [0.2, 0.25) is 20.2 Å². The number of halogens is 1. The molecule has 12 heteroatoms. The van der Waals surface area contributed by atoms with Crippen molar-refractivity contribution < 1.29 is 27.1 Å². The zero-order valence-electron chi connectivity index (χ0n) is 17.4. The van der Waals surface area contributed by atoms with Gasteiger partial charge < -0.3 is 9.47 Å². The van der Waals surface area contributed by atoms with Crippen LogP contribution in [0.5, 0.6) is 11.5 Å². The Morgan fingerprint density at radius 2 is 1.91 bits per heavy atom. The largest absolute Gasteiger partial charge is 0.493 e. The lowest BCUT2D eigenvalue weighted by atomic mass is 10.1. The van der Waals surface area contributed by atoms with E-state index in [1.54, 1.807) is 30.3 Å². The number of sulfone groups is 1. The van der Waals surface area contributed by atoms with E-state index < -0.39 is 15.7 Å². The molecule has 0 unspecified atom stereocenters. The lowest BCUT2D eigenvalue weighted by Gasteiger charge is -2.23. The Kier molecular flexibility index (Phi) is 6.04. The Morgan fingerprint density at radius 1 is 1.18 bits per heavy atom. The van der Waals surface area contributed by atoms with E-state index in [1.807, 2.05) is 0 Å². The van der Waals surface area contributed by atoms with E-state index >= 15 is 0 Å². The number of nitrogens with one attached hydrogen (secondary N) is 1. The topological polar surface area (TPSA) is 121 Å². The van der Waals surface area contributed by atoms with Crippen LogP contribution < -0.4 is 9.47 Å². The Hall–Kier alpha value is -3.51. The fraction of sp³-hybridized carbons (Fsp3) is 0.143. The summed E-state index contributed by atoms with van der Waals surface area (Å²) in [6.45, 7) is 0.192. The third kappa shape index (κ3) is 4.66. The average molecular weight is 489 g/mol. The van der Waals surface area contributed by atoms with Crippen LogP contribution in [0.2, 0.25) is 0 Å². The Morgan fingerprint density at radius 3 is 2.58 bits per heavy atom. The van der Waals surface area contributed by atoms with Gasteiger partial charge in [0.15, 0.2) is 11.5 Å². The van der Waals surface area contributed by atoms with Gasteiger partial charge in [0, 0.05) is 6.26 Å². The number of carbonyl (C=O) groups excluding carboxylic acids is 1. The molecule has 0 radical (unpaired) electrons. The predicted octanol–water partition coefficient (Wildman–Crippen LogP) is 3.03.